The van der Waals surface area contributed by atoms with Crippen LogP contribution in [0.4, 0.5) is 0 Å². The zero-order valence-electron chi connectivity index (χ0n) is 17.4. The van der Waals surface area contributed by atoms with Gasteiger partial charge in [-0.25, -0.2) is 0 Å². The van der Waals surface area contributed by atoms with Crippen molar-refractivity contribution in [3.8, 4) is 11.3 Å². The Morgan fingerprint density at radius 1 is 1.00 bits per heavy atom. The van der Waals surface area contributed by atoms with Gasteiger partial charge in [0.05, 0.1) is 12.2 Å². The lowest BCUT2D eigenvalue weighted by atomic mass is 10.1. The van der Waals surface area contributed by atoms with Crippen LogP contribution < -0.4 is 5.32 Å². The Balaban J connectivity index is 1.54. The van der Waals surface area contributed by atoms with E-state index in [0.29, 0.717) is 13.1 Å². The van der Waals surface area contributed by atoms with Crippen LogP contribution in [0.1, 0.15) is 22.3 Å². The summed E-state index contributed by atoms with van der Waals surface area (Å²) < 4.78 is 1.91. The molecule has 2 aromatic carbocycles. The van der Waals surface area contributed by atoms with Gasteiger partial charge >= 0.3 is 0 Å². The molecule has 0 aliphatic heterocycles. The maximum Gasteiger partial charge on any atom is 0.244 e. The van der Waals surface area contributed by atoms with E-state index in [2.05, 4.69) is 53.6 Å². The van der Waals surface area contributed by atoms with Crippen molar-refractivity contribution in [1.29, 1.82) is 0 Å². The third kappa shape index (κ3) is 5.54. The van der Waals surface area contributed by atoms with E-state index in [1.165, 1.54) is 11.1 Å². The van der Waals surface area contributed by atoms with Gasteiger partial charge in [-0.3, -0.25) is 14.5 Å². The van der Waals surface area contributed by atoms with Gasteiger partial charge in [0, 0.05) is 42.3 Å². The van der Waals surface area contributed by atoms with Gasteiger partial charge in [-0.15, -0.1) is 0 Å². The van der Waals surface area contributed by atoms with E-state index in [9.17, 15) is 4.79 Å². The largest absolute Gasteiger partial charge is 0.348 e. The number of carbonyl (C=O) groups is 1. The van der Waals surface area contributed by atoms with Crippen molar-refractivity contribution in [2.75, 3.05) is 0 Å². The van der Waals surface area contributed by atoms with Gasteiger partial charge in [-0.2, -0.15) is 5.10 Å². The van der Waals surface area contributed by atoms with Crippen LogP contribution in [0.25, 0.3) is 17.3 Å². The van der Waals surface area contributed by atoms with Crippen LogP contribution in [0.2, 0.25) is 0 Å². The number of nitrogens with one attached hydrogen (secondary N) is 1. The second-order valence-corrected chi connectivity index (χ2v) is 7.39. The minimum Gasteiger partial charge on any atom is -0.348 e. The Morgan fingerprint density at radius 3 is 2.52 bits per heavy atom. The SMILES string of the molecule is Cc1ccc(-c2nn(Cc3ccccc3)cc2/C=C/C(=O)NCc2cccnc2)cc1. The summed E-state index contributed by atoms with van der Waals surface area (Å²) in [5, 5.41) is 7.69. The number of pyridine rings is 1. The van der Waals surface area contributed by atoms with Crippen LogP contribution >= 0.6 is 0 Å². The molecular formula is C26H24N4O. The Morgan fingerprint density at radius 2 is 1.77 bits per heavy atom. The molecule has 2 heterocycles. The first kappa shape index (κ1) is 20.3. The quantitative estimate of drug-likeness (QED) is 0.454. The topological polar surface area (TPSA) is 59.8 Å². The molecule has 0 radical (unpaired) electrons. The summed E-state index contributed by atoms with van der Waals surface area (Å²) >= 11 is 0. The molecule has 0 spiro atoms. The Labute approximate surface area is 182 Å². The minimum atomic E-state index is -0.158. The molecule has 0 fully saturated rings. The van der Waals surface area contributed by atoms with Crippen LogP contribution in [0.15, 0.2) is 91.4 Å². The molecule has 0 bridgehead atoms. The van der Waals surface area contributed by atoms with Crippen molar-refractivity contribution < 1.29 is 4.79 Å². The summed E-state index contributed by atoms with van der Waals surface area (Å²) in [5.41, 5.74) is 6.10. The van der Waals surface area contributed by atoms with Crippen molar-refractivity contribution in [3.05, 3.63) is 114 Å². The lowest BCUT2D eigenvalue weighted by Gasteiger charge is -2.02. The first-order chi connectivity index (χ1) is 15.2. The minimum absolute atomic E-state index is 0.158. The van der Waals surface area contributed by atoms with Crippen LogP contribution in [0.3, 0.4) is 0 Å². The molecule has 0 aliphatic rings. The Kier molecular flexibility index (Phi) is 6.33. The average Bonchev–Trinajstić information content (AvgIpc) is 3.20. The molecule has 0 atom stereocenters. The fourth-order valence-electron chi connectivity index (χ4n) is 3.26. The zero-order valence-corrected chi connectivity index (χ0v) is 17.4. The van der Waals surface area contributed by atoms with Crippen LogP contribution in [0, 0.1) is 6.92 Å². The predicted molar refractivity (Wildman–Crippen MR) is 123 cm³/mol. The molecule has 31 heavy (non-hydrogen) atoms. The molecule has 5 nitrogen and oxygen atoms in total. The van der Waals surface area contributed by atoms with Gasteiger partial charge in [0.1, 0.15) is 0 Å². The molecule has 0 unspecified atom stereocenters. The fraction of sp³-hybridized carbons (Fsp3) is 0.115. The van der Waals surface area contributed by atoms with E-state index in [-0.39, 0.29) is 5.91 Å². The van der Waals surface area contributed by atoms with E-state index in [1.807, 2.05) is 47.3 Å². The van der Waals surface area contributed by atoms with Gasteiger partial charge in [-0.1, -0.05) is 66.2 Å². The monoisotopic (exact) mass is 408 g/mol. The van der Waals surface area contributed by atoms with Gasteiger partial charge in [-0.05, 0) is 30.2 Å². The molecule has 2 aromatic heterocycles. The van der Waals surface area contributed by atoms with Crippen molar-refractivity contribution in [2.45, 2.75) is 20.0 Å². The number of rotatable bonds is 7. The highest BCUT2D eigenvalue weighted by atomic mass is 16.1. The lowest BCUT2D eigenvalue weighted by Crippen LogP contribution is -2.20. The zero-order chi connectivity index (χ0) is 21.5. The molecule has 1 N–H and O–H groups in total. The second-order valence-electron chi connectivity index (χ2n) is 7.39. The van der Waals surface area contributed by atoms with Crippen LogP contribution in [-0.4, -0.2) is 20.7 Å². The summed E-state index contributed by atoms with van der Waals surface area (Å²) in [7, 11) is 0. The van der Waals surface area contributed by atoms with Gasteiger partial charge in [0.15, 0.2) is 0 Å². The molecular weight excluding hydrogens is 384 g/mol. The average molecular weight is 409 g/mol. The van der Waals surface area contributed by atoms with E-state index in [4.69, 9.17) is 5.10 Å². The lowest BCUT2D eigenvalue weighted by molar-refractivity contribution is -0.116. The van der Waals surface area contributed by atoms with E-state index in [0.717, 1.165) is 22.4 Å². The van der Waals surface area contributed by atoms with Crippen molar-refractivity contribution in [3.63, 3.8) is 0 Å². The summed E-state index contributed by atoms with van der Waals surface area (Å²) in [6.45, 7) is 3.17. The van der Waals surface area contributed by atoms with Gasteiger partial charge in [0.2, 0.25) is 5.91 Å². The van der Waals surface area contributed by atoms with Gasteiger partial charge < -0.3 is 5.32 Å². The van der Waals surface area contributed by atoms with Gasteiger partial charge in [0.25, 0.3) is 0 Å². The van der Waals surface area contributed by atoms with E-state index < -0.39 is 0 Å². The van der Waals surface area contributed by atoms with Crippen molar-refractivity contribution in [1.82, 2.24) is 20.1 Å². The van der Waals surface area contributed by atoms with Crippen molar-refractivity contribution in [2.24, 2.45) is 0 Å². The summed E-state index contributed by atoms with van der Waals surface area (Å²) in [5.74, 6) is -0.158. The normalized spacial score (nSPS) is 11.0. The first-order valence-electron chi connectivity index (χ1n) is 10.2. The summed E-state index contributed by atoms with van der Waals surface area (Å²) in [4.78, 5) is 16.4. The molecule has 154 valence electrons. The van der Waals surface area contributed by atoms with Crippen LogP contribution in [0.5, 0.6) is 0 Å². The number of aromatic nitrogens is 3. The van der Waals surface area contributed by atoms with Crippen molar-refractivity contribution >= 4 is 12.0 Å². The smallest absolute Gasteiger partial charge is 0.244 e. The van der Waals surface area contributed by atoms with E-state index >= 15 is 0 Å². The Hall–Kier alpha value is -3.99. The highest BCUT2D eigenvalue weighted by Crippen LogP contribution is 2.24. The number of nitrogens with zero attached hydrogens (tertiary/aromatic N) is 3. The van der Waals surface area contributed by atoms with Crippen LogP contribution in [-0.2, 0) is 17.9 Å². The number of hydrogen-bond donors (Lipinski definition) is 1. The number of amides is 1. The molecule has 0 saturated heterocycles. The molecule has 5 heteroatoms. The number of hydrogen-bond acceptors (Lipinski definition) is 3. The molecule has 0 aliphatic carbocycles. The third-order valence-electron chi connectivity index (χ3n) is 4.91. The standard InChI is InChI=1S/C26H24N4O/c1-20-9-11-23(12-10-20)26-24(19-30(29-26)18-21-6-3-2-4-7-21)13-14-25(31)28-17-22-8-5-15-27-16-22/h2-16,19H,17-18H2,1H3,(H,28,31)/b14-13+. The number of aryl methyl sites for hydroxylation is 1. The predicted octanol–water partition coefficient (Wildman–Crippen LogP) is 4.63. The highest BCUT2D eigenvalue weighted by molar-refractivity contribution is 5.92. The Bertz CT molecular complexity index is 1160. The molecule has 0 saturated carbocycles. The third-order valence-corrected chi connectivity index (χ3v) is 4.91. The van der Waals surface area contributed by atoms with E-state index in [1.54, 1.807) is 18.5 Å². The second kappa shape index (κ2) is 9.67. The maximum absolute atomic E-state index is 12.3. The summed E-state index contributed by atoms with van der Waals surface area (Å²) in [6, 6.07) is 22.2. The number of benzene rings is 2. The fourth-order valence-corrected chi connectivity index (χ4v) is 3.26. The molecule has 4 rings (SSSR count). The molecule has 4 aromatic rings. The molecule has 1 amide bonds. The highest BCUT2D eigenvalue weighted by Gasteiger charge is 2.10. The first-order valence-corrected chi connectivity index (χ1v) is 10.2. The summed E-state index contributed by atoms with van der Waals surface area (Å²) in [6.07, 6.45) is 8.81. The number of carbonyl (C=O) groups excluding carboxylic acids is 1. The maximum atomic E-state index is 12.3.